The Kier molecular flexibility index (Phi) is 5.87. The van der Waals surface area contributed by atoms with Crippen molar-refractivity contribution in [3.63, 3.8) is 0 Å². The highest BCUT2D eigenvalue weighted by molar-refractivity contribution is 7.17. The zero-order chi connectivity index (χ0) is 19.5. The van der Waals surface area contributed by atoms with Gasteiger partial charge in [0.05, 0.1) is 31.2 Å². The average molecular weight is 399 g/mol. The topological polar surface area (TPSA) is 61.7 Å². The Hall–Kier alpha value is -2.06. The van der Waals surface area contributed by atoms with Gasteiger partial charge in [0.1, 0.15) is 16.5 Å². The van der Waals surface area contributed by atoms with Gasteiger partial charge in [-0.3, -0.25) is 4.90 Å². The molecule has 1 aliphatic rings. The fourth-order valence-electron chi connectivity index (χ4n) is 3.59. The molecular weight excluding hydrogens is 372 g/mol. The van der Waals surface area contributed by atoms with Crippen molar-refractivity contribution in [2.24, 2.45) is 0 Å². The van der Waals surface area contributed by atoms with Crippen molar-refractivity contribution in [1.82, 2.24) is 14.9 Å². The first-order chi connectivity index (χ1) is 13.6. The lowest BCUT2D eigenvalue weighted by molar-refractivity contribution is 0.0331. The lowest BCUT2D eigenvalue weighted by Crippen LogP contribution is -2.36. The molecule has 1 aliphatic heterocycles. The summed E-state index contributed by atoms with van der Waals surface area (Å²) in [7, 11) is 1.99. The molecule has 3 heterocycles. The Labute approximate surface area is 169 Å². The molecule has 4 rings (SSSR count). The van der Waals surface area contributed by atoms with Gasteiger partial charge in [-0.15, -0.1) is 11.3 Å². The molecule has 0 spiro atoms. The van der Waals surface area contributed by atoms with Gasteiger partial charge in [0.15, 0.2) is 0 Å². The molecule has 0 radical (unpaired) electrons. The van der Waals surface area contributed by atoms with E-state index in [-0.39, 0.29) is 0 Å². The summed E-state index contributed by atoms with van der Waals surface area (Å²) in [5, 5.41) is 13.1. The molecule has 2 aromatic heterocycles. The fourth-order valence-corrected chi connectivity index (χ4v) is 4.55. The van der Waals surface area contributed by atoms with Crippen LogP contribution in [-0.4, -0.2) is 66.0 Å². The molecule has 0 bridgehead atoms. The Morgan fingerprint density at radius 3 is 2.68 bits per heavy atom. The second-order valence-corrected chi connectivity index (χ2v) is 8.14. The lowest BCUT2D eigenvalue weighted by Gasteiger charge is -2.26. The van der Waals surface area contributed by atoms with Crippen molar-refractivity contribution in [2.45, 2.75) is 19.6 Å². The molecule has 1 atom stereocenters. The van der Waals surface area contributed by atoms with E-state index < -0.39 is 6.10 Å². The summed E-state index contributed by atoms with van der Waals surface area (Å²) in [5.74, 6) is 1.71. The summed E-state index contributed by atoms with van der Waals surface area (Å²) >= 11 is 1.65. The van der Waals surface area contributed by atoms with Crippen LogP contribution in [0.5, 0.6) is 0 Å². The van der Waals surface area contributed by atoms with Gasteiger partial charge in [-0.2, -0.15) is 0 Å². The third-order valence-electron chi connectivity index (χ3n) is 4.91. The van der Waals surface area contributed by atoms with Crippen molar-refractivity contribution in [1.29, 1.82) is 0 Å². The number of aliphatic hydroxyl groups excluding tert-OH is 1. The third kappa shape index (κ3) is 4.17. The van der Waals surface area contributed by atoms with E-state index in [9.17, 15) is 5.11 Å². The minimum atomic E-state index is -0.434. The van der Waals surface area contributed by atoms with Gasteiger partial charge in [0.2, 0.25) is 0 Å². The van der Waals surface area contributed by atoms with E-state index in [0.29, 0.717) is 13.1 Å². The Bertz CT molecular complexity index is 923. The number of fused-ring (bicyclic) bond motifs is 1. The van der Waals surface area contributed by atoms with Crippen molar-refractivity contribution >= 4 is 27.4 Å². The number of nitrogens with zero attached hydrogens (tertiary/aromatic N) is 4. The molecule has 0 aliphatic carbocycles. The predicted molar refractivity (Wildman–Crippen MR) is 114 cm³/mol. The lowest BCUT2D eigenvalue weighted by atomic mass is 10.1. The van der Waals surface area contributed by atoms with Crippen LogP contribution < -0.4 is 4.90 Å². The first kappa shape index (κ1) is 19.3. The maximum Gasteiger partial charge on any atom is 0.146 e. The van der Waals surface area contributed by atoms with Crippen molar-refractivity contribution < 1.29 is 9.84 Å². The monoisotopic (exact) mass is 398 g/mol. The molecule has 148 valence electrons. The van der Waals surface area contributed by atoms with Crippen LogP contribution in [0.2, 0.25) is 0 Å². The molecule has 28 heavy (non-hydrogen) atoms. The Morgan fingerprint density at radius 2 is 1.96 bits per heavy atom. The third-order valence-corrected chi connectivity index (χ3v) is 5.79. The Balaban J connectivity index is 1.77. The standard InChI is InChI=1S/C21H26N4O2S/c1-15(26)12-24(2)20-19-17(16-6-4-3-5-7-16)14-28-21(19)23-18(22-20)13-25-8-10-27-11-9-25/h3-7,14-15,26H,8-13H2,1-2H3. The fraction of sp³-hybridized carbons (Fsp3) is 0.429. The summed E-state index contributed by atoms with van der Waals surface area (Å²) in [4.78, 5) is 15.2. The number of ether oxygens (including phenoxy) is 1. The average Bonchev–Trinajstić information content (AvgIpc) is 3.12. The van der Waals surface area contributed by atoms with Gasteiger partial charge >= 0.3 is 0 Å². The van der Waals surface area contributed by atoms with E-state index in [2.05, 4.69) is 22.4 Å². The molecule has 1 N–H and O–H groups in total. The van der Waals surface area contributed by atoms with Crippen LogP contribution in [0.25, 0.3) is 21.3 Å². The molecule has 0 saturated carbocycles. The van der Waals surface area contributed by atoms with Crippen LogP contribution >= 0.6 is 11.3 Å². The maximum atomic E-state index is 9.92. The molecule has 6 nitrogen and oxygen atoms in total. The van der Waals surface area contributed by atoms with E-state index >= 15 is 0 Å². The maximum absolute atomic E-state index is 9.92. The smallest absolute Gasteiger partial charge is 0.146 e. The van der Waals surface area contributed by atoms with Gasteiger partial charge in [-0.25, -0.2) is 9.97 Å². The normalized spacial score (nSPS) is 16.4. The minimum Gasteiger partial charge on any atom is -0.392 e. The molecule has 0 amide bonds. The van der Waals surface area contributed by atoms with Gasteiger partial charge in [0, 0.05) is 37.6 Å². The second kappa shape index (κ2) is 8.53. The van der Waals surface area contributed by atoms with Gasteiger partial charge in [0.25, 0.3) is 0 Å². The van der Waals surface area contributed by atoms with Gasteiger partial charge in [-0.1, -0.05) is 30.3 Å². The number of anilines is 1. The quantitative estimate of drug-likeness (QED) is 0.689. The van der Waals surface area contributed by atoms with Gasteiger partial charge < -0.3 is 14.7 Å². The number of morpholine rings is 1. The molecule has 1 unspecified atom stereocenters. The molecule has 7 heteroatoms. The predicted octanol–water partition coefficient (Wildman–Crippen LogP) is 3.01. The highest BCUT2D eigenvalue weighted by atomic mass is 32.1. The highest BCUT2D eigenvalue weighted by Gasteiger charge is 2.20. The number of thiophene rings is 1. The van der Waals surface area contributed by atoms with Crippen molar-refractivity contribution in [2.75, 3.05) is 44.8 Å². The minimum absolute atomic E-state index is 0.434. The second-order valence-electron chi connectivity index (χ2n) is 7.28. The zero-order valence-corrected chi connectivity index (χ0v) is 17.2. The van der Waals surface area contributed by atoms with Crippen LogP contribution in [0.15, 0.2) is 35.7 Å². The molecule has 1 aromatic carbocycles. The zero-order valence-electron chi connectivity index (χ0n) is 16.3. The van der Waals surface area contributed by atoms with Crippen LogP contribution in [0.3, 0.4) is 0 Å². The number of likely N-dealkylation sites (N-methyl/N-ethyl adjacent to an activating group) is 1. The first-order valence-electron chi connectivity index (χ1n) is 9.64. The summed E-state index contributed by atoms with van der Waals surface area (Å²) in [5.41, 5.74) is 2.30. The van der Waals surface area contributed by atoms with E-state index in [1.54, 1.807) is 18.3 Å². The number of aliphatic hydroxyl groups is 1. The molecule has 1 saturated heterocycles. The summed E-state index contributed by atoms with van der Waals surface area (Å²) < 4.78 is 5.45. The Morgan fingerprint density at radius 1 is 1.21 bits per heavy atom. The number of rotatable bonds is 6. The summed E-state index contributed by atoms with van der Waals surface area (Å²) in [6.07, 6.45) is -0.434. The van der Waals surface area contributed by atoms with Crippen molar-refractivity contribution in [3.05, 3.63) is 41.5 Å². The van der Waals surface area contributed by atoms with Crippen LogP contribution in [0.4, 0.5) is 5.82 Å². The van der Waals surface area contributed by atoms with Crippen LogP contribution in [-0.2, 0) is 11.3 Å². The number of aromatic nitrogens is 2. The first-order valence-corrected chi connectivity index (χ1v) is 10.5. The van der Waals surface area contributed by atoms with E-state index in [1.807, 2.05) is 30.1 Å². The SMILES string of the molecule is CC(O)CN(C)c1nc(CN2CCOCC2)nc2scc(-c3ccccc3)c12. The number of hydrogen-bond acceptors (Lipinski definition) is 7. The molecule has 1 fully saturated rings. The number of benzene rings is 1. The van der Waals surface area contributed by atoms with E-state index in [4.69, 9.17) is 14.7 Å². The van der Waals surface area contributed by atoms with E-state index in [0.717, 1.165) is 59.3 Å². The van der Waals surface area contributed by atoms with Crippen LogP contribution in [0, 0.1) is 0 Å². The van der Waals surface area contributed by atoms with E-state index in [1.165, 1.54) is 0 Å². The molecule has 3 aromatic rings. The summed E-state index contributed by atoms with van der Waals surface area (Å²) in [6.45, 7) is 6.36. The highest BCUT2D eigenvalue weighted by Crippen LogP contribution is 2.38. The van der Waals surface area contributed by atoms with Crippen LogP contribution in [0.1, 0.15) is 12.7 Å². The van der Waals surface area contributed by atoms with Crippen molar-refractivity contribution in [3.8, 4) is 11.1 Å². The molecular formula is C21H26N4O2S. The largest absolute Gasteiger partial charge is 0.392 e. The summed E-state index contributed by atoms with van der Waals surface area (Å²) in [6, 6.07) is 10.3. The van der Waals surface area contributed by atoms with Gasteiger partial charge in [-0.05, 0) is 12.5 Å². The number of hydrogen-bond donors (Lipinski definition) is 1.